The molecule has 0 radical (unpaired) electrons. The Morgan fingerprint density at radius 2 is 2.15 bits per heavy atom. The molecule has 1 aromatic carbocycles. The number of aromatic amines is 1. The highest BCUT2D eigenvalue weighted by molar-refractivity contribution is 5.90. The molecule has 0 saturated heterocycles. The molecule has 1 aliphatic carbocycles. The second-order valence-corrected chi connectivity index (χ2v) is 4.94. The summed E-state index contributed by atoms with van der Waals surface area (Å²) in [4.78, 5) is 16.3. The van der Waals surface area contributed by atoms with E-state index in [1.807, 2.05) is 30.3 Å². The summed E-state index contributed by atoms with van der Waals surface area (Å²) in [6.45, 7) is -0.171. The molecule has 3 rings (SSSR count). The number of benzene rings is 1. The first-order chi connectivity index (χ1) is 9.78. The van der Waals surface area contributed by atoms with Gasteiger partial charge in [-0.05, 0) is 18.4 Å². The lowest BCUT2D eigenvalue weighted by molar-refractivity contribution is 0.0906. The predicted molar refractivity (Wildman–Crippen MR) is 72.1 cm³/mol. The number of carbonyl (C=O) groups is 1. The van der Waals surface area contributed by atoms with Crippen LogP contribution in [-0.2, 0) is 0 Å². The van der Waals surface area contributed by atoms with Gasteiger partial charge in [-0.3, -0.25) is 9.89 Å². The van der Waals surface area contributed by atoms with E-state index in [9.17, 15) is 9.90 Å². The minimum Gasteiger partial charge on any atom is -0.394 e. The number of carbonyl (C=O) groups excluding carboxylic acids is 1. The molecule has 0 aliphatic heterocycles. The second-order valence-electron chi connectivity index (χ2n) is 4.94. The molecule has 1 saturated carbocycles. The number of aliphatic hydroxyl groups excluding tert-OH is 1. The van der Waals surface area contributed by atoms with Gasteiger partial charge in [0.1, 0.15) is 5.82 Å². The molecule has 0 unspecified atom stereocenters. The smallest absolute Gasteiger partial charge is 0.291 e. The number of hydrogen-bond donors (Lipinski definition) is 3. The number of aromatic nitrogens is 3. The lowest BCUT2D eigenvalue weighted by atomic mass is 10.1. The third-order valence-electron chi connectivity index (χ3n) is 3.36. The summed E-state index contributed by atoms with van der Waals surface area (Å²) in [6.07, 6.45) is 2.19. The van der Waals surface area contributed by atoms with Gasteiger partial charge in [-0.25, -0.2) is 4.98 Å². The van der Waals surface area contributed by atoms with Gasteiger partial charge >= 0.3 is 0 Å². The number of nitrogens with zero attached hydrogens (tertiary/aromatic N) is 2. The lowest BCUT2D eigenvalue weighted by Gasteiger charge is -2.15. The van der Waals surface area contributed by atoms with Gasteiger partial charge in [0, 0.05) is 5.92 Å². The Balaban J connectivity index is 1.70. The van der Waals surface area contributed by atoms with Crippen LogP contribution in [0.1, 0.15) is 46.8 Å². The van der Waals surface area contributed by atoms with Crippen LogP contribution in [0.5, 0.6) is 0 Å². The standard InChI is InChI=1S/C14H16N4O2/c19-8-11(9-4-2-1-3-5-9)15-14(20)13-16-12(17-18-13)10-6-7-10/h1-5,10-11,19H,6-8H2,(H,15,20)(H,16,17,18)/t11-/m0/s1. The van der Waals surface area contributed by atoms with E-state index >= 15 is 0 Å². The molecule has 0 bridgehead atoms. The fourth-order valence-electron chi connectivity index (χ4n) is 2.06. The van der Waals surface area contributed by atoms with Gasteiger partial charge in [0.25, 0.3) is 5.91 Å². The van der Waals surface area contributed by atoms with Gasteiger partial charge in [-0.2, -0.15) is 0 Å². The van der Waals surface area contributed by atoms with E-state index in [1.54, 1.807) is 0 Å². The van der Waals surface area contributed by atoms with Crippen LogP contribution < -0.4 is 5.32 Å². The molecule has 6 nitrogen and oxygen atoms in total. The zero-order valence-electron chi connectivity index (χ0n) is 10.9. The SMILES string of the molecule is O=C(N[C@@H](CO)c1ccccc1)c1n[nH]c(C2CC2)n1. The molecular weight excluding hydrogens is 256 g/mol. The number of amides is 1. The summed E-state index contributed by atoms with van der Waals surface area (Å²) >= 11 is 0. The number of H-pyrrole nitrogens is 1. The van der Waals surface area contributed by atoms with Crippen LogP contribution in [0.15, 0.2) is 30.3 Å². The molecule has 0 spiro atoms. The molecule has 1 aromatic heterocycles. The summed E-state index contributed by atoms with van der Waals surface area (Å²) in [5, 5.41) is 18.9. The topological polar surface area (TPSA) is 90.9 Å². The van der Waals surface area contributed by atoms with Crippen molar-refractivity contribution < 1.29 is 9.90 Å². The van der Waals surface area contributed by atoms with Crippen molar-refractivity contribution in [2.75, 3.05) is 6.61 Å². The summed E-state index contributed by atoms with van der Waals surface area (Å²) < 4.78 is 0. The van der Waals surface area contributed by atoms with Crippen molar-refractivity contribution in [3.8, 4) is 0 Å². The van der Waals surface area contributed by atoms with Crippen LogP contribution in [0.2, 0.25) is 0 Å². The van der Waals surface area contributed by atoms with Crippen molar-refractivity contribution >= 4 is 5.91 Å². The summed E-state index contributed by atoms with van der Waals surface area (Å²) in [5.74, 6) is 0.944. The maximum Gasteiger partial charge on any atom is 0.291 e. The van der Waals surface area contributed by atoms with Gasteiger partial charge < -0.3 is 10.4 Å². The van der Waals surface area contributed by atoms with Gasteiger partial charge in [0.2, 0.25) is 5.82 Å². The second kappa shape index (κ2) is 5.42. The van der Waals surface area contributed by atoms with Gasteiger partial charge in [-0.1, -0.05) is 30.3 Å². The maximum atomic E-state index is 12.1. The van der Waals surface area contributed by atoms with Crippen LogP contribution in [0.3, 0.4) is 0 Å². The fourth-order valence-corrected chi connectivity index (χ4v) is 2.06. The molecule has 20 heavy (non-hydrogen) atoms. The van der Waals surface area contributed by atoms with Crippen LogP contribution >= 0.6 is 0 Å². The molecule has 104 valence electrons. The largest absolute Gasteiger partial charge is 0.394 e. The van der Waals surface area contributed by atoms with Crippen molar-refractivity contribution in [2.45, 2.75) is 24.8 Å². The van der Waals surface area contributed by atoms with Gasteiger partial charge in [0.15, 0.2) is 0 Å². The summed E-state index contributed by atoms with van der Waals surface area (Å²) in [7, 11) is 0. The molecule has 6 heteroatoms. The molecular formula is C14H16N4O2. The Bertz CT molecular complexity index is 592. The van der Waals surface area contributed by atoms with E-state index in [1.165, 1.54) is 0 Å². The third-order valence-corrected chi connectivity index (χ3v) is 3.36. The van der Waals surface area contributed by atoms with E-state index < -0.39 is 6.04 Å². The van der Waals surface area contributed by atoms with Crippen LogP contribution in [-0.4, -0.2) is 32.8 Å². The van der Waals surface area contributed by atoms with Crippen molar-refractivity contribution in [3.05, 3.63) is 47.5 Å². The summed E-state index contributed by atoms with van der Waals surface area (Å²) in [5.41, 5.74) is 0.848. The Morgan fingerprint density at radius 3 is 2.80 bits per heavy atom. The normalized spacial score (nSPS) is 15.8. The van der Waals surface area contributed by atoms with E-state index in [2.05, 4.69) is 20.5 Å². The quantitative estimate of drug-likeness (QED) is 0.761. The lowest BCUT2D eigenvalue weighted by Crippen LogP contribution is -2.31. The molecule has 3 N–H and O–H groups in total. The van der Waals surface area contributed by atoms with Crippen molar-refractivity contribution in [2.24, 2.45) is 0 Å². The minimum atomic E-state index is -0.452. The van der Waals surface area contributed by atoms with Gasteiger partial charge in [0.05, 0.1) is 12.6 Å². The van der Waals surface area contributed by atoms with E-state index in [0.717, 1.165) is 24.2 Å². The highest BCUT2D eigenvalue weighted by Crippen LogP contribution is 2.37. The van der Waals surface area contributed by atoms with E-state index in [0.29, 0.717) is 5.92 Å². The van der Waals surface area contributed by atoms with Crippen molar-refractivity contribution in [3.63, 3.8) is 0 Å². The molecule has 1 heterocycles. The van der Waals surface area contributed by atoms with Crippen LogP contribution in [0.4, 0.5) is 0 Å². The molecule has 1 aliphatic rings. The highest BCUT2D eigenvalue weighted by atomic mass is 16.3. The average molecular weight is 272 g/mol. The number of rotatable bonds is 5. The average Bonchev–Trinajstić information content (AvgIpc) is 3.22. The maximum absolute atomic E-state index is 12.1. The first kappa shape index (κ1) is 12.8. The highest BCUT2D eigenvalue weighted by Gasteiger charge is 2.28. The van der Waals surface area contributed by atoms with Crippen molar-refractivity contribution in [1.82, 2.24) is 20.5 Å². The Labute approximate surface area is 116 Å². The first-order valence-corrected chi connectivity index (χ1v) is 6.67. The monoisotopic (exact) mass is 272 g/mol. The zero-order chi connectivity index (χ0) is 13.9. The first-order valence-electron chi connectivity index (χ1n) is 6.67. The van der Waals surface area contributed by atoms with Gasteiger partial charge in [-0.15, -0.1) is 5.10 Å². The molecule has 1 amide bonds. The third kappa shape index (κ3) is 2.70. The Morgan fingerprint density at radius 1 is 1.40 bits per heavy atom. The zero-order valence-corrected chi connectivity index (χ0v) is 10.9. The number of nitrogens with one attached hydrogen (secondary N) is 2. The number of hydrogen-bond acceptors (Lipinski definition) is 4. The molecule has 1 fully saturated rings. The molecule has 2 aromatic rings. The Hall–Kier alpha value is -2.21. The Kier molecular flexibility index (Phi) is 3.47. The van der Waals surface area contributed by atoms with Crippen molar-refractivity contribution in [1.29, 1.82) is 0 Å². The van der Waals surface area contributed by atoms with Crippen LogP contribution in [0, 0.1) is 0 Å². The fraction of sp³-hybridized carbons (Fsp3) is 0.357. The number of aliphatic hydroxyl groups is 1. The van der Waals surface area contributed by atoms with E-state index in [-0.39, 0.29) is 18.3 Å². The molecule has 1 atom stereocenters. The predicted octanol–water partition coefficient (Wildman–Crippen LogP) is 1.15. The van der Waals surface area contributed by atoms with Crippen LogP contribution in [0.25, 0.3) is 0 Å². The summed E-state index contributed by atoms with van der Waals surface area (Å²) in [6, 6.07) is 8.87. The minimum absolute atomic E-state index is 0.126. The van der Waals surface area contributed by atoms with E-state index in [4.69, 9.17) is 0 Å².